The smallest absolute Gasteiger partial charge is 0.251 e. The largest absolute Gasteiger partial charge is 0.378 e. The maximum atomic E-state index is 12.3. The predicted molar refractivity (Wildman–Crippen MR) is 90.6 cm³/mol. The maximum Gasteiger partial charge on any atom is 0.251 e. The minimum Gasteiger partial charge on any atom is -0.378 e. The van der Waals surface area contributed by atoms with Crippen molar-refractivity contribution in [3.63, 3.8) is 0 Å². The lowest BCUT2D eigenvalue weighted by molar-refractivity contribution is 0.0928. The van der Waals surface area contributed by atoms with Gasteiger partial charge >= 0.3 is 0 Å². The van der Waals surface area contributed by atoms with Crippen molar-refractivity contribution < 1.29 is 9.53 Å². The van der Waals surface area contributed by atoms with Gasteiger partial charge in [0.2, 0.25) is 0 Å². The second kappa shape index (κ2) is 6.59. The topological polar surface area (TPSA) is 67.6 Å². The van der Waals surface area contributed by atoms with Crippen molar-refractivity contribution in [2.45, 2.75) is 36.8 Å². The Morgan fingerprint density at radius 3 is 2.52 bits per heavy atom. The monoisotopic (exact) mass is 317 g/mol. The first-order valence-corrected chi connectivity index (χ1v) is 8.40. The molecule has 0 radical (unpaired) electrons. The minimum absolute atomic E-state index is 0.0689. The van der Waals surface area contributed by atoms with Crippen LogP contribution < -0.4 is 11.1 Å². The molecule has 2 atom stereocenters. The van der Waals surface area contributed by atoms with E-state index in [9.17, 15) is 4.79 Å². The second-order valence-corrected chi connectivity index (χ2v) is 7.19. The van der Waals surface area contributed by atoms with Crippen molar-refractivity contribution in [2.24, 2.45) is 5.73 Å². The summed E-state index contributed by atoms with van der Waals surface area (Å²) in [5.74, 6) is -0.0689. The fourth-order valence-corrected chi connectivity index (χ4v) is 3.22. The summed E-state index contributed by atoms with van der Waals surface area (Å²) in [6.45, 7) is 2.11. The van der Waals surface area contributed by atoms with E-state index in [1.165, 1.54) is 24.8 Å². The van der Waals surface area contributed by atoms with Crippen LogP contribution in [0, 0.1) is 0 Å². The quantitative estimate of drug-likeness (QED) is 0.825. The Hall–Kier alpha value is -1.43. The van der Waals surface area contributed by atoms with E-state index < -0.39 is 0 Å². The highest BCUT2D eigenvalue weighted by Crippen LogP contribution is 2.51. The fourth-order valence-electron chi connectivity index (χ4n) is 3.22. The van der Waals surface area contributed by atoms with Gasteiger partial charge in [-0.25, -0.2) is 0 Å². The van der Waals surface area contributed by atoms with Crippen LogP contribution in [0.5, 0.6) is 0 Å². The van der Waals surface area contributed by atoms with Crippen molar-refractivity contribution in [2.75, 3.05) is 33.9 Å². The van der Waals surface area contributed by atoms with Crippen LogP contribution in [0.1, 0.15) is 35.2 Å². The van der Waals surface area contributed by atoms with E-state index in [1.54, 1.807) is 0 Å². The number of ether oxygens (including phenoxy) is 1. The first kappa shape index (κ1) is 16.4. The molecule has 3 rings (SSSR count). The first-order chi connectivity index (χ1) is 11.0. The number of hydrogen-bond donors (Lipinski definition) is 2. The van der Waals surface area contributed by atoms with Gasteiger partial charge in [-0.05, 0) is 63.0 Å². The van der Waals surface area contributed by atoms with Crippen LogP contribution in [0.2, 0.25) is 0 Å². The molecule has 1 amide bonds. The zero-order valence-electron chi connectivity index (χ0n) is 14.0. The Kier molecular flexibility index (Phi) is 4.71. The third kappa shape index (κ3) is 3.74. The number of amides is 1. The van der Waals surface area contributed by atoms with Crippen molar-refractivity contribution in [3.8, 4) is 0 Å². The Bertz CT molecular complexity index is 552. The lowest BCUT2D eigenvalue weighted by atomic mass is 9.91. The zero-order valence-corrected chi connectivity index (χ0v) is 14.0. The highest BCUT2D eigenvalue weighted by atomic mass is 16.5. The van der Waals surface area contributed by atoms with Gasteiger partial charge in [0.1, 0.15) is 0 Å². The molecule has 1 aromatic carbocycles. The van der Waals surface area contributed by atoms with Gasteiger partial charge in [-0.3, -0.25) is 4.79 Å². The summed E-state index contributed by atoms with van der Waals surface area (Å²) in [7, 11) is 4.22. The Morgan fingerprint density at radius 2 is 2.00 bits per heavy atom. The predicted octanol–water partition coefficient (Wildman–Crippen LogP) is 1.13. The lowest BCUT2D eigenvalue weighted by Gasteiger charge is -2.19. The summed E-state index contributed by atoms with van der Waals surface area (Å²) in [5, 5.41) is 2.96. The van der Waals surface area contributed by atoms with Gasteiger partial charge in [0, 0.05) is 5.56 Å². The highest BCUT2D eigenvalue weighted by Gasteiger charge is 2.43. The van der Waals surface area contributed by atoms with Crippen LogP contribution in [-0.4, -0.2) is 56.7 Å². The second-order valence-electron chi connectivity index (χ2n) is 7.19. The SMILES string of the molecule is CN(C)CCC1(c2ccc(C(=O)NC3COCC3N)cc2)CC1. The molecule has 5 heteroatoms. The lowest BCUT2D eigenvalue weighted by Crippen LogP contribution is -2.46. The first-order valence-electron chi connectivity index (χ1n) is 8.40. The molecule has 2 unspecified atom stereocenters. The summed E-state index contributed by atoms with van der Waals surface area (Å²) in [6.07, 6.45) is 3.68. The number of carbonyl (C=O) groups excluding carboxylic acids is 1. The fraction of sp³-hybridized carbons (Fsp3) is 0.611. The van der Waals surface area contributed by atoms with Gasteiger partial charge in [-0.2, -0.15) is 0 Å². The van der Waals surface area contributed by atoms with Gasteiger partial charge in [-0.15, -0.1) is 0 Å². The summed E-state index contributed by atoms with van der Waals surface area (Å²) >= 11 is 0. The highest BCUT2D eigenvalue weighted by molar-refractivity contribution is 5.94. The van der Waals surface area contributed by atoms with E-state index in [4.69, 9.17) is 10.5 Å². The normalized spacial score (nSPS) is 25.6. The molecular formula is C18H27N3O2. The molecule has 1 saturated heterocycles. The van der Waals surface area contributed by atoms with Gasteiger partial charge in [0.05, 0.1) is 25.3 Å². The van der Waals surface area contributed by atoms with Gasteiger partial charge in [0.25, 0.3) is 5.91 Å². The summed E-state index contributed by atoms with van der Waals surface area (Å²) < 4.78 is 5.28. The molecule has 0 aromatic heterocycles. The van der Waals surface area contributed by atoms with Crippen LogP contribution in [0.25, 0.3) is 0 Å². The molecule has 3 N–H and O–H groups in total. The van der Waals surface area contributed by atoms with E-state index >= 15 is 0 Å². The van der Waals surface area contributed by atoms with Crippen molar-refractivity contribution in [1.29, 1.82) is 0 Å². The molecule has 1 aliphatic heterocycles. The molecule has 1 saturated carbocycles. The standard InChI is InChI=1S/C18H27N3O2/c1-21(2)10-9-18(7-8-18)14-5-3-13(4-6-14)17(22)20-16-12-23-11-15(16)19/h3-6,15-16H,7-12,19H2,1-2H3,(H,20,22). The van der Waals surface area contributed by atoms with Crippen LogP contribution in [0.4, 0.5) is 0 Å². The van der Waals surface area contributed by atoms with Crippen LogP contribution >= 0.6 is 0 Å². The van der Waals surface area contributed by atoms with E-state index in [0.29, 0.717) is 24.2 Å². The number of nitrogens with two attached hydrogens (primary N) is 1. The Balaban J connectivity index is 1.62. The third-order valence-electron chi connectivity index (χ3n) is 5.09. The molecule has 1 aliphatic carbocycles. The molecule has 5 nitrogen and oxygen atoms in total. The van der Waals surface area contributed by atoms with Crippen molar-refractivity contribution in [1.82, 2.24) is 10.2 Å². The summed E-state index contributed by atoms with van der Waals surface area (Å²) in [4.78, 5) is 14.5. The van der Waals surface area contributed by atoms with E-state index in [2.05, 4.69) is 36.4 Å². The minimum atomic E-state index is -0.112. The summed E-state index contributed by atoms with van der Waals surface area (Å²) in [6, 6.07) is 7.89. The molecule has 23 heavy (non-hydrogen) atoms. The van der Waals surface area contributed by atoms with Crippen molar-refractivity contribution in [3.05, 3.63) is 35.4 Å². The Labute approximate surface area is 138 Å². The summed E-state index contributed by atoms with van der Waals surface area (Å²) in [5.41, 5.74) is 8.29. The maximum absolute atomic E-state index is 12.3. The average molecular weight is 317 g/mol. The van der Waals surface area contributed by atoms with Crippen LogP contribution in [-0.2, 0) is 10.2 Å². The number of rotatable bonds is 6. The Morgan fingerprint density at radius 1 is 1.30 bits per heavy atom. The number of nitrogens with zero attached hydrogens (tertiary/aromatic N) is 1. The molecule has 1 aromatic rings. The number of hydrogen-bond acceptors (Lipinski definition) is 4. The van der Waals surface area contributed by atoms with Gasteiger partial charge in [-0.1, -0.05) is 12.1 Å². The molecule has 1 heterocycles. The van der Waals surface area contributed by atoms with E-state index in [1.807, 2.05) is 12.1 Å². The number of nitrogens with one attached hydrogen (secondary N) is 1. The zero-order chi connectivity index (χ0) is 16.4. The van der Waals surface area contributed by atoms with E-state index in [-0.39, 0.29) is 18.0 Å². The number of carbonyl (C=O) groups is 1. The average Bonchev–Trinajstić information content (AvgIpc) is 3.23. The van der Waals surface area contributed by atoms with Crippen molar-refractivity contribution >= 4 is 5.91 Å². The molecule has 2 aliphatic rings. The number of benzene rings is 1. The molecular weight excluding hydrogens is 290 g/mol. The molecule has 126 valence electrons. The third-order valence-corrected chi connectivity index (χ3v) is 5.09. The van der Waals surface area contributed by atoms with Gasteiger partial charge < -0.3 is 20.7 Å². The molecule has 0 bridgehead atoms. The molecule has 2 fully saturated rings. The van der Waals surface area contributed by atoms with Gasteiger partial charge in [0.15, 0.2) is 0 Å². The molecule has 0 spiro atoms. The van der Waals surface area contributed by atoms with Crippen LogP contribution in [0.15, 0.2) is 24.3 Å². The van der Waals surface area contributed by atoms with Crippen LogP contribution in [0.3, 0.4) is 0 Å². The van der Waals surface area contributed by atoms with E-state index in [0.717, 1.165) is 6.54 Å².